The molecule has 0 atom stereocenters. The summed E-state index contributed by atoms with van der Waals surface area (Å²) in [5.41, 5.74) is 0.572. The van der Waals surface area contributed by atoms with Gasteiger partial charge in [0, 0.05) is 4.47 Å². The molecular formula is C14H10BrNO2. The van der Waals surface area contributed by atoms with Crippen LogP contribution in [-0.2, 0) is 0 Å². The second kappa shape index (κ2) is 5.56. The Hall–Kier alpha value is -1.99. The van der Waals surface area contributed by atoms with E-state index in [1.54, 1.807) is 25.3 Å². The molecule has 0 saturated carbocycles. The fourth-order valence-electron chi connectivity index (χ4n) is 1.48. The maximum atomic E-state index is 8.84. The maximum absolute atomic E-state index is 8.84. The molecule has 0 heterocycles. The molecule has 3 nitrogen and oxygen atoms in total. The number of hydrogen-bond acceptors (Lipinski definition) is 3. The van der Waals surface area contributed by atoms with E-state index in [9.17, 15) is 0 Å². The van der Waals surface area contributed by atoms with Crippen molar-refractivity contribution < 1.29 is 9.47 Å². The lowest BCUT2D eigenvalue weighted by Crippen LogP contribution is -1.90. The first-order valence-electron chi connectivity index (χ1n) is 5.25. The summed E-state index contributed by atoms with van der Waals surface area (Å²) >= 11 is 3.32. The van der Waals surface area contributed by atoms with Crippen molar-refractivity contribution >= 4 is 15.9 Å². The van der Waals surface area contributed by atoms with Crippen molar-refractivity contribution in [3.05, 3.63) is 52.5 Å². The van der Waals surface area contributed by atoms with E-state index in [4.69, 9.17) is 14.7 Å². The minimum Gasteiger partial charge on any atom is -0.493 e. The molecule has 0 aliphatic carbocycles. The highest BCUT2D eigenvalue weighted by Gasteiger charge is 2.06. The molecule has 2 aromatic rings. The molecule has 0 radical (unpaired) electrons. The number of nitrogens with zero attached hydrogens (tertiary/aromatic N) is 1. The molecule has 90 valence electrons. The van der Waals surface area contributed by atoms with Crippen LogP contribution >= 0.6 is 15.9 Å². The topological polar surface area (TPSA) is 42.2 Å². The van der Waals surface area contributed by atoms with Gasteiger partial charge in [0.1, 0.15) is 11.8 Å². The number of nitriles is 1. The lowest BCUT2D eigenvalue weighted by atomic mass is 10.2. The first-order valence-corrected chi connectivity index (χ1v) is 6.04. The molecule has 18 heavy (non-hydrogen) atoms. The van der Waals surface area contributed by atoms with Crippen LogP contribution in [0.1, 0.15) is 5.56 Å². The van der Waals surface area contributed by atoms with Crippen LogP contribution in [0.2, 0.25) is 0 Å². The van der Waals surface area contributed by atoms with E-state index < -0.39 is 0 Å². The summed E-state index contributed by atoms with van der Waals surface area (Å²) < 4.78 is 11.6. The van der Waals surface area contributed by atoms with Gasteiger partial charge in [0.2, 0.25) is 0 Å². The Bertz CT molecular complexity index is 605. The first kappa shape index (κ1) is 12.5. The second-order valence-corrected chi connectivity index (χ2v) is 4.36. The minimum absolute atomic E-state index is 0.572. The SMILES string of the molecule is COc1ccccc1Oc1ccc(C#N)c(Br)c1. The van der Waals surface area contributed by atoms with Gasteiger partial charge in [-0.2, -0.15) is 5.26 Å². The average molecular weight is 304 g/mol. The Morgan fingerprint density at radius 3 is 2.44 bits per heavy atom. The molecule has 4 heteroatoms. The van der Waals surface area contributed by atoms with Gasteiger partial charge in [0.15, 0.2) is 11.5 Å². The van der Waals surface area contributed by atoms with Crippen LogP contribution in [0.4, 0.5) is 0 Å². The Balaban J connectivity index is 2.29. The molecule has 0 unspecified atom stereocenters. The van der Waals surface area contributed by atoms with E-state index in [0.29, 0.717) is 27.3 Å². The van der Waals surface area contributed by atoms with Gasteiger partial charge >= 0.3 is 0 Å². The molecular weight excluding hydrogens is 294 g/mol. The smallest absolute Gasteiger partial charge is 0.169 e. The van der Waals surface area contributed by atoms with Crippen LogP contribution in [0, 0.1) is 11.3 Å². The Morgan fingerprint density at radius 1 is 1.11 bits per heavy atom. The summed E-state index contributed by atoms with van der Waals surface area (Å²) in [5, 5.41) is 8.84. The van der Waals surface area contributed by atoms with E-state index in [2.05, 4.69) is 22.0 Å². The van der Waals surface area contributed by atoms with Gasteiger partial charge in [-0.25, -0.2) is 0 Å². The van der Waals surface area contributed by atoms with E-state index in [1.807, 2.05) is 24.3 Å². The predicted molar refractivity (Wildman–Crippen MR) is 71.9 cm³/mol. The monoisotopic (exact) mass is 303 g/mol. The van der Waals surface area contributed by atoms with Crippen LogP contribution < -0.4 is 9.47 Å². The number of benzene rings is 2. The fourth-order valence-corrected chi connectivity index (χ4v) is 1.93. The van der Waals surface area contributed by atoms with Gasteiger partial charge in [0.05, 0.1) is 12.7 Å². The molecule has 0 aliphatic heterocycles. The molecule has 0 fully saturated rings. The van der Waals surface area contributed by atoms with Crippen LogP contribution in [0.5, 0.6) is 17.2 Å². The van der Waals surface area contributed by atoms with E-state index >= 15 is 0 Å². The van der Waals surface area contributed by atoms with Gasteiger partial charge in [-0.3, -0.25) is 0 Å². The van der Waals surface area contributed by atoms with Crippen molar-refractivity contribution in [2.45, 2.75) is 0 Å². The van der Waals surface area contributed by atoms with Crippen molar-refractivity contribution in [3.8, 4) is 23.3 Å². The first-order chi connectivity index (χ1) is 8.74. The summed E-state index contributed by atoms with van der Waals surface area (Å²) in [4.78, 5) is 0. The quantitative estimate of drug-likeness (QED) is 0.856. The molecule has 0 spiro atoms. The van der Waals surface area contributed by atoms with Crippen molar-refractivity contribution in [3.63, 3.8) is 0 Å². The lowest BCUT2D eigenvalue weighted by molar-refractivity contribution is 0.379. The van der Waals surface area contributed by atoms with Gasteiger partial charge in [-0.15, -0.1) is 0 Å². The highest BCUT2D eigenvalue weighted by atomic mass is 79.9. The van der Waals surface area contributed by atoms with Crippen LogP contribution in [0.15, 0.2) is 46.9 Å². The molecule has 2 aromatic carbocycles. The summed E-state index contributed by atoms with van der Waals surface area (Å²) in [5.74, 6) is 1.94. The number of halogens is 1. The zero-order valence-electron chi connectivity index (χ0n) is 9.68. The van der Waals surface area contributed by atoms with E-state index in [1.165, 1.54) is 0 Å². The van der Waals surface area contributed by atoms with Crippen molar-refractivity contribution in [2.75, 3.05) is 7.11 Å². The molecule has 0 bridgehead atoms. The largest absolute Gasteiger partial charge is 0.493 e. The number of ether oxygens (including phenoxy) is 2. The molecule has 0 aromatic heterocycles. The van der Waals surface area contributed by atoms with Crippen LogP contribution in [0.3, 0.4) is 0 Å². The maximum Gasteiger partial charge on any atom is 0.169 e. The number of methoxy groups -OCH3 is 1. The van der Waals surface area contributed by atoms with Gasteiger partial charge in [0.25, 0.3) is 0 Å². The highest BCUT2D eigenvalue weighted by Crippen LogP contribution is 2.32. The minimum atomic E-state index is 0.572. The lowest BCUT2D eigenvalue weighted by Gasteiger charge is -2.10. The molecule has 0 N–H and O–H groups in total. The van der Waals surface area contributed by atoms with Crippen molar-refractivity contribution in [1.82, 2.24) is 0 Å². The third-order valence-corrected chi connectivity index (χ3v) is 3.01. The third-order valence-electron chi connectivity index (χ3n) is 2.36. The molecule has 0 aliphatic rings. The average Bonchev–Trinajstić information content (AvgIpc) is 2.39. The Kier molecular flexibility index (Phi) is 3.85. The van der Waals surface area contributed by atoms with Crippen molar-refractivity contribution in [1.29, 1.82) is 5.26 Å². The van der Waals surface area contributed by atoms with E-state index in [-0.39, 0.29) is 0 Å². The Morgan fingerprint density at radius 2 is 1.83 bits per heavy atom. The van der Waals surface area contributed by atoms with Crippen LogP contribution in [0.25, 0.3) is 0 Å². The predicted octanol–water partition coefficient (Wildman–Crippen LogP) is 4.12. The van der Waals surface area contributed by atoms with Gasteiger partial charge < -0.3 is 9.47 Å². The summed E-state index contributed by atoms with van der Waals surface area (Å²) in [7, 11) is 1.59. The Labute approximate surface area is 114 Å². The van der Waals surface area contributed by atoms with Gasteiger partial charge in [-0.05, 0) is 46.3 Å². The third kappa shape index (κ3) is 2.63. The number of rotatable bonds is 3. The normalized spacial score (nSPS) is 9.61. The zero-order chi connectivity index (χ0) is 13.0. The number of hydrogen-bond donors (Lipinski definition) is 0. The summed E-state index contributed by atoms with van der Waals surface area (Å²) in [6.07, 6.45) is 0. The molecule has 0 saturated heterocycles. The van der Waals surface area contributed by atoms with Crippen molar-refractivity contribution in [2.24, 2.45) is 0 Å². The standard InChI is InChI=1S/C14H10BrNO2/c1-17-13-4-2-3-5-14(13)18-11-7-6-10(9-16)12(15)8-11/h2-8H,1H3. The molecule has 2 rings (SSSR count). The summed E-state index contributed by atoms with van der Waals surface area (Å²) in [6.45, 7) is 0. The zero-order valence-corrected chi connectivity index (χ0v) is 11.3. The molecule has 0 amide bonds. The summed E-state index contributed by atoms with van der Waals surface area (Å²) in [6, 6.07) is 14.7. The number of para-hydroxylation sites is 2. The van der Waals surface area contributed by atoms with E-state index in [0.717, 1.165) is 0 Å². The van der Waals surface area contributed by atoms with Crippen LogP contribution in [-0.4, -0.2) is 7.11 Å². The fraction of sp³-hybridized carbons (Fsp3) is 0.0714. The highest BCUT2D eigenvalue weighted by molar-refractivity contribution is 9.10. The van der Waals surface area contributed by atoms with Gasteiger partial charge in [-0.1, -0.05) is 12.1 Å². The second-order valence-electron chi connectivity index (χ2n) is 3.51.